The third kappa shape index (κ3) is 4.66. The summed E-state index contributed by atoms with van der Waals surface area (Å²) in [7, 11) is 5.13. The van der Waals surface area contributed by atoms with Crippen molar-refractivity contribution in [3.05, 3.63) is 60.4 Å². The third-order valence-corrected chi connectivity index (χ3v) is 5.81. The highest BCUT2D eigenvalue weighted by Gasteiger charge is 2.30. The van der Waals surface area contributed by atoms with Crippen LogP contribution in [0.1, 0.15) is 30.3 Å². The summed E-state index contributed by atoms with van der Waals surface area (Å²) in [6, 6.07) is 6.98. The molecule has 32 heavy (non-hydrogen) atoms. The minimum Gasteiger partial charge on any atom is -0.497 e. The van der Waals surface area contributed by atoms with Gasteiger partial charge in [0.2, 0.25) is 11.9 Å². The number of anilines is 1. The lowest BCUT2D eigenvalue weighted by molar-refractivity contribution is -0.126. The van der Waals surface area contributed by atoms with Crippen LogP contribution in [0.4, 0.5) is 5.95 Å². The summed E-state index contributed by atoms with van der Waals surface area (Å²) in [5.41, 5.74) is 0.846. The minimum atomic E-state index is -0.429. The molecule has 2 aromatic heterocycles. The molecule has 1 aliphatic rings. The smallest absolute Gasteiger partial charge is 0.225 e. The van der Waals surface area contributed by atoms with E-state index in [0.29, 0.717) is 17.4 Å². The Bertz CT molecular complexity index is 1020. The molecule has 168 valence electrons. The summed E-state index contributed by atoms with van der Waals surface area (Å²) in [6.45, 7) is 1.48. The van der Waals surface area contributed by atoms with Crippen molar-refractivity contribution < 1.29 is 14.3 Å². The number of ether oxygens (including phenoxy) is 2. The molecule has 1 unspecified atom stereocenters. The van der Waals surface area contributed by atoms with Crippen molar-refractivity contribution >= 4 is 11.9 Å². The Morgan fingerprint density at radius 2 is 1.69 bits per heavy atom. The first-order valence-corrected chi connectivity index (χ1v) is 10.6. The van der Waals surface area contributed by atoms with E-state index < -0.39 is 6.04 Å². The first-order valence-electron chi connectivity index (χ1n) is 10.6. The molecule has 0 saturated carbocycles. The Kier molecular flexibility index (Phi) is 6.53. The zero-order chi connectivity index (χ0) is 22.5. The zero-order valence-electron chi connectivity index (χ0n) is 18.6. The predicted octanol–water partition coefficient (Wildman–Crippen LogP) is 2.35. The summed E-state index contributed by atoms with van der Waals surface area (Å²) < 4.78 is 12.8. The van der Waals surface area contributed by atoms with Crippen molar-refractivity contribution in [1.82, 2.24) is 24.8 Å². The Morgan fingerprint density at radius 1 is 1.03 bits per heavy atom. The minimum absolute atomic E-state index is 0.00779. The van der Waals surface area contributed by atoms with Crippen LogP contribution >= 0.6 is 0 Å². The van der Waals surface area contributed by atoms with Crippen LogP contribution in [-0.2, 0) is 11.8 Å². The predicted molar refractivity (Wildman–Crippen MR) is 120 cm³/mol. The van der Waals surface area contributed by atoms with Crippen LogP contribution < -0.4 is 19.7 Å². The van der Waals surface area contributed by atoms with Gasteiger partial charge in [-0.15, -0.1) is 0 Å². The fraction of sp³-hybridized carbons (Fsp3) is 0.391. The van der Waals surface area contributed by atoms with Gasteiger partial charge in [0.25, 0.3) is 0 Å². The van der Waals surface area contributed by atoms with E-state index in [2.05, 4.69) is 25.2 Å². The number of aryl methyl sites for hydroxylation is 1. The number of imidazole rings is 1. The number of hydrogen-bond acceptors (Lipinski definition) is 7. The zero-order valence-corrected chi connectivity index (χ0v) is 18.6. The number of methoxy groups -OCH3 is 2. The Labute approximate surface area is 187 Å². The van der Waals surface area contributed by atoms with Crippen molar-refractivity contribution in [2.75, 3.05) is 32.2 Å². The normalized spacial score (nSPS) is 15.3. The van der Waals surface area contributed by atoms with E-state index in [-0.39, 0.29) is 11.8 Å². The number of rotatable bonds is 7. The molecule has 1 amide bonds. The van der Waals surface area contributed by atoms with Crippen molar-refractivity contribution in [2.24, 2.45) is 13.0 Å². The van der Waals surface area contributed by atoms with Gasteiger partial charge in [-0.25, -0.2) is 15.0 Å². The molecule has 0 aliphatic carbocycles. The number of carbonyl (C=O) groups is 1. The lowest BCUT2D eigenvalue weighted by Gasteiger charge is -2.32. The molecule has 4 rings (SSSR count). The molecule has 1 atom stereocenters. The number of benzene rings is 1. The van der Waals surface area contributed by atoms with Crippen molar-refractivity contribution in [3.63, 3.8) is 0 Å². The van der Waals surface area contributed by atoms with Gasteiger partial charge >= 0.3 is 0 Å². The number of nitrogens with zero attached hydrogens (tertiary/aromatic N) is 5. The van der Waals surface area contributed by atoms with E-state index in [0.717, 1.165) is 37.3 Å². The second kappa shape index (κ2) is 9.67. The average molecular weight is 437 g/mol. The maximum absolute atomic E-state index is 13.3. The third-order valence-electron chi connectivity index (χ3n) is 5.81. The molecule has 1 fully saturated rings. The lowest BCUT2D eigenvalue weighted by atomic mass is 9.95. The van der Waals surface area contributed by atoms with Crippen LogP contribution in [0.5, 0.6) is 11.5 Å². The number of hydrogen-bond donors (Lipinski definition) is 1. The molecule has 9 nitrogen and oxygen atoms in total. The van der Waals surface area contributed by atoms with E-state index in [4.69, 9.17) is 9.47 Å². The average Bonchev–Trinajstić information content (AvgIpc) is 3.28. The van der Waals surface area contributed by atoms with Crippen LogP contribution in [0, 0.1) is 5.92 Å². The van der Waals surface area contributed by atoms with Gasteiger partial charge in [-0.2, -0.15) is 0 Å². The quantitative estimate of drug-likeness (QED) is 0.608. The van der Waals surface area contributed by atoms with E-state index in [1.165, 1.54) is 0 Å². The highest BCUT2D eigenvalue weighted by atomic mass is 16.5. The highest BCUT2D eigenvalue weighted by Crippen LogP contribution is 2.30. The standard InChI is InChI=1S/C23H28N6O3/c1-28-12-9-24-21(28)20(17-13-18(31-2)15-19(14-17)32-3)27-22(30)16-5-10-29(11-6-16)23-25-7-4-8-26-23/h4,7-9,12-16,20H,5-6,10-11H2,1-3H3,(H,27,30). The number of carbonyl (C=O) groups excluding carboxylic acids is 1. The van der Waals surface area contributed by atoms with E-state index in [1.807, 2.05) is 36.0 Å². The number of piperidine rings is 1. The van der Waals surface area contributed by atoms with Crippen LogP contribution in [0.25, 0.3) is 0 Å². The van der Waals surface area contributed by atoms with Crippen LogP contribution in [0.3, 0.4) is 0 Å². The number of amides is 1. The molecular formula is C23H28N6O3. The van der Waals surface area contributed by atoms with Gasteiger partial charge < -0.3 is 24.3 Å². The monoisotopic (exact) mass is 436 g/mol. The summed E-state index contributed by atoms with van der Waals surface area (Å²) in [5, 5.41) is 3.22. The maximum atomic E-state index is 13.3. The summed E-state index contributed by atoms with van der Waals surface area (Å²) in [4.78, 5) is 28.5. The van der Waals surface area contributed by atoms with Crippen LogP contribution in [0.2, 0.25) is 0 Å². The second-order valence-corrected chi connectivity index (χ2v) is 7.79. The number of nitrogens with one attached hydrogen (secondary N) is 1. The van der Waals surface area contributed by atoms with Crippen molar-refractivity contribution in [1.29, 1.82) is 0 Å². The van der Waals surface area contributed by atoms with Gasteiger partial charge in [-0.05, 0) is 36.6 Å². The van der Waals surface area contributed by atoms with E-state index in [9.17, 15) is 4.79 Å². The first kappa shape index (κ1) is 21.6. The molecule has 1 saturated heterocycles. The van der Waals surface area contributed by atoms with Gasteiger partial charge in [0.1, 0.15) is 23.4 Å². The van der Waals surface area contributed by atoms with Gasteiger partial charge in [0.15, 0.2) is 0 Å². The van der Waals surface area contributed by atoms with E-state index in [1.54, 1.807) is 38.9 Å². The topological polar surface area (TPSA) is 94.4 Å². The second-order valence-electron chi connectivity index (χ2n) is 7.79. The lowest BCUT2D eigenvalue weighted by Crippen LogP contribution is -2.42. The fourth-order valence-corrected chi connectivity index (χ4v) is 4.00. The molecule has 1 N–H and O–H groups in total. The van der Waals surface area contributed by atoms with Crippen molar-refractivity contribution in [2.45, 2.75) is 18.9 Å². The summed E-state index contributed by atoms with van der Waals surface area (Å²) in [5.74, 6) is 2.68. The molecule has 3 heterocycles. The van der Waals surface area contributed by atoms with Gasteiger partial charge in [-0.3, -0.25) is 4.79 Å². The van der Waals surface area contributed by atoms with E-state index >= 15 is 0 Å². The SMILES string of the molecule is COc1cc(OC)cc(C(NC(=O)C2CCN(c3ncccn3)CC2)c2nccn2C)c1. The molecule has 9 heteroatoms. The molecule has 0 spiro atoms. The summed E-state index contributed by atoms with van der Waals surface area (Å²) in [6.07, 6.45) is 8.54. The van der Waals surface area contributed by atoms with Gasteiger partial charge in [0.05, 0.1) is 14.2 Å². The maximum Gasteiger partial charge on any atom is 0.225 e. The Balaban J connectivity index is 1.52. The van der Waals surface area contributed by atoms with Crippen LogP contribution in [-0.4, -0.2) is 52.7 Å². The molecule has 0 bridgehead atoms. The molecular weight excluding hydrogens is 408 g/mol. The molecule has 3 aromatic rings. The van der Waals surface area contributed by atoms with Crippen molar-refractivity contribution in [3.8, 4) is 11.5 Å². The fourth-order valence-electron chi connectivity index (χ4n) is 4.00. The van der Waals surface area contributed by atoms with Gasteiger partial charge in [0, 0.05) is 56.9 Å². The van der Waals surface area contributed by atoms with Gasteiger partial charge in [-0.1, -0.05) is 0 Å². The molecule has 1 aromatic carbocycles. The number of aromatic nitrogens is 4. The molecule has 0 radical (unpaired) electrons. The largest absolute Gasteiger partial charge is 0.497 e. The Morgan fingerprint density at radius 3 is 2.25 bits per heavy atom. The highest BCUT2D eigenvalue weighted by molar-refractivity contribution is 5.80. The molecule has 1 aliphatic heterocycles. The first-order chi connectivity index (χ1) is 15.6. The Hall–Kier alpha value is -3.62. The van der Waals surface area contributed by atoms with Crippen LogP contribution in [0.15, 0.2) is 49.1 Å². The summed E-state index contributed by atoms with van der Waals surface area (Å²) >= 11 is 0.